The fourth-order valence-electron chi connectivity index (χ4n) is 2.69. The minimum atomic E-state index is -0.351. The Morgan fingerprint density at radius 3 is 2.62 bits per heavy atom. The average Bonchev–Trinajstić information content (AvgIpc) is 3.02. The van der Waals surface area contributed by atoms with Crippen molar-refractivity contribution in [1.29, 1.82) is 0 Å². The van der Waals surface area contributed by atoms with Gasteiger partial charge in [-0.25, -0.2) is 4.39 Å². The zero-order chi connectivity index (χ0) is 17.1. The van der Waals surface area contributed by atoms with E-state index in [2.05, 4.69) is 15.1 Å². The van der Waals surface area contributed by atoms with Crippen molar-refractivity contribution < 1.29 is 13.9 Å². The summed E-state index contributed by atoms with van der Waals surface area (Å²) in [6.07, 6.45) is 0. The lowest BCUT2D eigenvalue weighted by Crippen LogP contribution is -2.48. The summed E-state index contributed by atoms with van der Waals surface area (Å²) in [5.41, 5.74) is 0.896. The van der Waals surface area contributed by atoms with Crippen LogP contribution in [-0.4, -0.2) is 59.2 Å². The van der Waals surface area contributed by atoms with Gasteiger partial charge in [-0.2, -0.15) is 0 Å². The van der Waals surface area contributed by atoms with Gasteiger partial charge in [-0.3, -0.25) is 9.69 Å². The van der Waals surface area contributed by atoms with Crippen molar-refractivity contribution in [2.45, 2.75) is 13.5 Å². The van der Waals surface area contributed by atoms with Gasteiger partial charge in [0, 0.05) is 32.7 Å². The molecule has 1 aromatic heterocycles. The van der Waals surface area contributed by atoms with Gasteiger partial charge in [0.2, 0.25) is 5.01 Å². The third kappa shape index (κ3) is 3.70. The van der Waals surface area contributed by atoms with Gasteiger partial charge in [-0.1, -0.05) is 17.4 Å². The second-order valence-electron chi connectivity index (χ2n) is 5.66. The highest BCUT2D eigenvalue weighted by Crippen LogP contribution is 2.19. The summed E-state index contributed by atoms with van der Waals surface area (Å²) < 4.78 is 18.7. The number of methoxy groups -OCH3 is 1. The number of hydrogen-bond acceptors (Lipinski definition) is 6. The molecule has 2 aromatic rings. The highest BCUT2D eigenvalue weighted by molar-refractivity contribution is 7.13. The number of hydrogen-bond donors (Lipinski definition) is 0. The maximum Gasteiger partial charge on any atom is 0.284 e. The van der Waals surface area contributed by atoms with E-state index in [9.17, 15) is 9.18 Å². The Balaban J connectivity index is 1.55. The van der Waals surface area contributed by atoms with Gasteiger partial charge < -0.3 is 9.64 Å². The number of carbonyl (C=O) groups excluding carboxylic acids is 1. The summed E-state index contributed by atoms with van der Waals surface area (Å²) in [7, 11) is 1.45. The van der Waals surface area contributed by atoms with Crippen LogP contribution in [0.2, 0.25) is 0 Å². The summed E-state index contributed by atoms with van der Waals surface area (Å²) in [6, 6.07) is 5.01. The van der Waals surface area contributed by atoms with Crippen LogP contribution in [0.15, 0.2) is 18.2 Å². The van der Waals surface area contributed by atoms with E-state index in [-0.39, 0.29) is 17.5 Å². The van der Waals surface area contributed by atoms with Crippen molar-refractivity contribution >= 4 is 17.2 Å². The number of amides is 1. The van der Waals surface area contributed by atoms with Gasteiger partial charge in [0.05, 0.1) is 7.11 Å². The van der Waals surface area contributed by atoms with E-state index >= 15 is 0 Å². The van der Waals surface area contributed by atoms with Crippen LogP contribution >= 0.6 is 11.3 Å². The van der Waals surface area contributed by atoms with Crippen LogP contribution in [0.3, 0.4) is 0 Å². The molecule has 0 bridgehead atoms. The van der Waals surface area contributed by atoms with Gasteiger partial charge in [0.1, 0.15) is 5.01 Å². The Hall–Kier alpha value is -2.06. The Bertz CT molecular complexity index is 729. The van der Waals surface area contributed by atoms with Crippen molar-refractivity contribution in [3.63, 3.8) is 0 Å². The van der Waals surface area contributed by atoms with Gasteiger partial charge >= 0.3 is 0 Å². The molecule has 1 saturated heterocycles. The molecule has 3 rings (SSSR count). The molecule has 1 aromatic carbocycles. The molecule has 0 radical (unpaired) electrons. The Kier molecular flexibility index (Phi) is 5.06. The summed E-state index contributed by atoms with van der Waals surface area (Å²) >= 11 is 1.32. The standard InChI is InChI=1S/C16H19FN4O2S/c1-11-18-19-15(24-11)16(22)21-7-5-20(6-8-21)10-12-3-4-14(23-2)13(17)9-12/h3-4,9H,5-8,10H2,1-2H3. The molecule has 0 atom stereocenters. The number of ether oxygens (including phenoxy) is 1. The van der Waals surface area contributed by atoms with E-state index in [1.54, 1.807) is 11.0 Å². The van der Waals surface area contributed by atoms with Crippen LogP contribution in [-0.2, 0) is 6.54 Å². The molecule has 0 unspecified atom stereocenters. The lowest BCUT2D eigenvalue weighted by atomic mass is 10.2. The van der Waals surface area contributed by atoms with Crippen molar-refractivity contribution in [3.05, 3.63) is 39.6 Å². The second kappa shape index (κ2) is 7.23. The largest absolute Gasteiger partial charge is 0.494 e. The number of aryl methyl sites for hydroxylation is 1. The lowest BCUT2D eigenvalue weighted by Gasteiger charge is -2.34. The first-order chi connectivity index (χ1) is 11.6. The molecule has 6 nitrogen and oxygen atoms in total. The Morgan fingerprint density at radius 1 is 1.29 bits per heavy atom. The van der Waals surface area contributed by atoms with E-state index in [0.29, 0.717) is 24.6 Å². The molecule has 0 saturated carbocycles. The molecular weight excluding hydrogens is 331 g/mol. The second-order valence-corrected chi connectivity index (χ2v) is 6.85. The monoisotopic (exact) mass is 350 g/mol. The van der Waals surface area contributed by atoms with E-state index in [0.717, 1.165) is 23.7 Å². The number of halogens is 1. The summed E-state index contributed by atoms with van der Waals surface area (Å²) in [5, 5.41) is 9.04. The van der Waals surface area contributed by atoms with Crippen LogP contribution in [0.4, 0.5) is 4.39 Å². The first kappa shape index (κ1) is 16.8. The van der Waals surface area contributed by atoms with Crippen LogP contribution in [0.1, 0.15) is 20.4 Å². The molecule has 128 valence electrons. The minimum Gasteiger partial charge on any atom is -0.494 e. The van der Waals surface area contributed by atoms with Gasteiger partial charge in [-0.05, 0) is 24.6 Å². The number of piperazine rings is 1. The smallest absolute Gasteiger partial charge is 0.284 e. The molecule has 1 fully saturated rings. The zero-order valence-corrected chi connectivity index (χ0v) is 14.5. The molecule has 0 aliphatic carbocycles. The average molecular weight is 350 g/mol. The SMILES string of the molecule is COc1ccc(CN2CCN(C(=O)c3nnc(C)s3)CC2)cc1F. The zero-order valence-electron chi connectivity index (χ0n) is 13.7. The molecule has 24 heavy (non-hydrogen) atoms. The number of benzene rings is 1. The highest BCUT2D eigenvalue weighted by atomic mass is 32.1. The minimum absolute atomic E-state index is 0.0595. The van der Waals surface area contributed by atoms with Crippen molar-refractivity contribution in [2.75, 3.05) is 33.3 Å². The van der Waals surface area contributed by atoms with Crippen LogP contribution in [0.5, 0.6) is 5.75 Å². The lowest BCUT2D eigenvalue weighted by molar-refractivity contribution is 0.0627. The van der Waals surface area contributed by atoms with Gasteiger partial charge in [0.15, 0.2) is 11.6 Å². The topological polar surface area (TPSA) is 58.6 Å². The number of nitrogens with zero attached hydrogens (tertiary/aromatic N) is 4. The maximum atomic E-state index is 13.8. The van der Waals surface area contributed by atoms with E-state index in [1.807, 2.05) is 13.0 Å². The first-order valence-corrected chi connectivity index (χ1v) is 8.52. The van der Waals surface area contributed by atoms with Crippen molar-refractivity contribution in [3.8, 4) is 5.75 Å². The molecule has 1 amide bonds. The Labute approximate surface area is 143 Å². The fraction of sp³-hybridized carbons (Fsp3) is 0.438. The normalized spacial score (nSPS) is 15.5. The quantitative estimate of drug-likeness (QED) is 0.844. The van der Waals surface area contributed by atoms with Crippen LogP contribution < -0.4 is 4.74 Å². The molecule has 0 spiro atoms. The van der Waals surface area contributed by atoms with E-state index < -0.39 is 0 Å². The summed E-state index contributed by atoms with van der Waals surface area (Å²) in [5.74, 6) is -0.160. The Morgan fingerprint density at radius 2 is 2.04 bits per heavy atom. The first-order valence-electron chi connectivity index (χ1n) is 7.71. The van der Waals surface area contributed by atoms with Crippen LogP contribution in [0.25, 0.3) is 0 Å². The van der Waals surface area contributed by atoms with Crippen molar-refractivity contribution in [1.82, 2.24) is 20.0 Å². The summed E-state index contributed by atoms with van der Waals surface area (Å²) in [6.45, 7) is 5.25. The number of carbonyl (C=O) groups is 1. The highest BCUT2D eigenvalue weighted by Gasteiger charge is 2.24. The number of aromatic nitrogens is 2. The third-order valence-electron chi connectivity index (χ3n) is 3.99. The molecule has 1 aliphatic rings. The predicted octanol–water partition coefficient (Wildman–Crippen LogP) is 1.95. The van der Waals surface area contributed by atoms with Crippen LogP contribution in [0, 0.1) is 12.7 Å². The molecule has 2 heterocycles. The molecular formula is C16H19FN4O2S. The maximum absolute atomic E-state index is 13.8. The molecule has 8 heteroatoms. The molecule has 0 N–H and O–H groups in total. The van der Waals surface area contributed by atoms with Gasteiger partial charge in [0.25, 0.3) is 5.91 Å². The fourth-order valence-corrected chi connectivity index (χ4v) is 3.35. The predicted molar refractivity (Wildman–Crippen MR) is 88.8 cm³/mol. The summed E-state index contributed by atoms with van der Waals surface area (Å²) in [4.78, 5) is 16.3. The van der Waals surface area contributed by atoms with E-state index in [1.165, 1.54) is 24.5 Å². The van der Waals surface area contributed by atoms with E-state index in [4.69, 9.17) is 4.74 Å². The van der Waals surface area contributed by atoms with Crippen molar-refractivity contribution in [2.24, 2.45) is 0 Å². The van der Waals surface area contributed by atoms with Gasteiger partial charge in [-0.15, -0.1) is 10.2 Å². The third-order valence-corrected chi connectivity index (χ3v) is 4.82. The number of rotatable bonds is 4. The molecule has 1 aliphatic heterocycles.